The molecule has 1 spiro atoms. The summed E-state index contributed by atoms with van der Waals surface area (Å²) in [6.07, 6.45) is 10.7. The van der Waals surface area contributed by atoms with Crippen LogP contribution in [0.15, 0.2) is 182 Å². The van der Waals surface area contributed by atoms with Gasteiger partial charge in [0.25, 0.3) is 0 Å². The first kappa shape index (κ1) is 32.5. The van der Waals surface area contributed by atoms with Gasteiger partial charge in [0.05, 0.1) is 5.41 Å². The lowest BCUT2D eigenvalue weighted by Crippen LogP contribution is -2.26. The number of benzene rings is 7. The van der Waals surface area contributed by atoms with Gasteiger partial charge in [-0.25, -0.2) is 0 Å². The number of nitrogens with zero attached hydrogens (tertiary/aromatic N) is 1. The van der Waals surface area contributed by atoms with Crippen LogP contribution >= 0.6 is 0 Å². The maximum absolute atomic E-state index is 2.50. The lowest BCUT2D eigenvalue weighted by molar-refractivity contribution is 0.660. The van der Waals surface area contributed by atoms with Crippen molar-refractivity contribution in [3.63, 3.8) is 0 Å². The van der Waals surface area contributed by atoms with Crippen LogP contribution in [0.4, 0.5) is 17.1 Å². The molecule has 3 aliphatic carbocycles. The Balaban J connectivity index is 1.20. The van der Waals surface area contributed by atoms with Gasteiger partial charge in [-0.3, -0.25) is 0 Å². The maximum atomic E-state index is 2.50. The van der Waals surface area contributed by atoms with E-state index in [0.717, 1.165) is 29.9 Å². The van der Waals surface area contributed by atoms with Crippen molar-refractivity contribution in [1.82, 2.24) is 0 Å². The highest BCUT2D eigenvalue weighted by Crippen LogP contribution is 2.63. The Kier molecular flexibility index (Phi) is 7.49. The molecule has 0 bridgehead atoms. The van der Waals surface area contributed by atoms with Crippen molar-refractivity contribution in [1.29, 1.82) is 0 Å². The number of hydrogen-bond donors (Lipinski definition) is 0. The topological polar surface area (TPSA) is 3.24 Å². The highest BCUT2D eigenvalue weighted by atomic mass is 15.1. The number of anilines is 3. The molecule has 3 aliphatic rings. The van der Waals surface area contributed by atoms with Crippen LogP contribution < -0.4 is 4.90 Å². The summed E-state index contributed by atoms with van der Waals surface area (Å²) < 4.78 is 0. The van der Waals surface area contributed by atoms with E-state index in [2.05, 4.69) is 208 Å². The molecule has 10 rings (SSSR count). The fraction of sp³-hybridized carbons (Fsp3) is 0.132. The fourth-order valence-corrected chi connectivity index (χ4v) is 9.84. The number of rotatable bonds is 7. The molecule has 0 radical (unpaired) electrons. The molecule has 54 heavy (non-hydrogen) atoms. The van der Waals surface area contributed by atoms with Gasteiger partial charge in [-0.05, 0) is 122 Å². The predicted octanol–water partition coefficient (Wildman–Crippen LogP) is 13.9. The third-order valence-electron chi connectivity index (χ3n) is 12.2. The molecule has 7 aromatic carbocycles. The van der Waals surface area contributed by atoms with Gasteiger partial charge in [0, 0.05) is 22.5 Å². The van der Waals surface area contributed by atoms with Crippen molar-refractivity contribution in [2.24, 2.45) is 0 Å². The van der Waals surface area contributed by atoms with E-state index in [9.17, 15) is 0 Å². The predicted molar refractivity (Wildman–Crippen MR) is 227 cm³/mol. The van der Waals surface area contributed by atoms with Crippen molar-refractivity contribution in [3.05, 3.63) is 221 Å². The molecular weight excluding hydrogens is 651 g/mol. The minimum Gasteiger partial charge on any atom is -0.310 e. The molecule has 0 unspecified atom stereocenters. The Morgan fingerprint density at radius 1 is 0.426 bits per heavy atom. The first-order valence-electron chi connectivity index (χ1n) is 19.4. The van der Waals surface area contributed by atoms with Gasteiger partial charge < -0.3 is 4.90 Å². The van der Waals surface area contributed by atoms with Crippen LogP contribution in [-0.2, 0) is 17.3 Å². The molecule has 0 aliphatic heterocycles. The van der Waals surface area contributed by atoms with Crippen LogP contribution in [-0.4, -0.2) is 0 Å². The van der Waals surface area contributed by atoms with Crippen molar-refractivity contribution < 1.29 is 0 Å². The third kappa shape index (κ3) is 4.64. The van der Waals surface area contributed by atoms with Gasteiger partial charge in [0.15, 0.2) is 0 Å². The van der Waals surface area contributed by atoms with E-state index >= 15 is 0 Å². The van der Waals surface area contributed by atoms with Crippen molar-refractivity contribution in [2.45, 2.75) is 44.4 Å². The van der Waals surface area contributed by atoms with Gasteiger partial charge in [-0.2, -0.15) is 0 Å². The summed E-state index contributed by atoms with van der Waals surface area (Å²) in [5, 5.41) is 0. The van der Waals surface area contributed by atoms with Crippen LogP contribution in [0, 0.1) is 0 Å². The second kappa shape index (κ2) is 12.5. The maximum Gasteiger partial charge on any atom is 0.0726 e. The summed E-state index contributed by atoms with van der Waals surface area (Å²) in [5.41, 5.74) is 20.5. The Hall–Kier alpha value is -6.18. The van der Waals surface area contributed by atoms with Crippen LogP contribution in [0.3, 0.4) is 0 Å². The standard InChI is InChI=1S/C53H43N/c1-4-5-6-7-8-18-36-19-17-20-37(33-36)54(38-30-32-47-45(34-38)43-24-9-13-25-46(43)52(47,2)3)39-29-31-44-42-23-12-16-28-50(42)53(51(44)35-39)48-26-14-10-21-40(48)41-22-11-15-27-49(41)53/h5-17,19-35H,4,18H2,1-3H3/b6-5-,8-7-. The Morgan fingerprint density at radius 3 is 1.57 bits per heavy atom. The van der Waals surface area contributed by atoms with Crippen molar-refractivity contribution in [2.75, 3.05) is 4.90 Å². The van der Waals surface area contributed by atoms with E-state index in [0.29, 0.717) is 0 Å². The largest absolute Gasteiger partial charge is 0.310 e. The van der Waals surface area contributed by atoms with Crippen LogP contribution in [0.5, 0.6) is 0 Å². The fourth-order valence-electron chi connectivity index (χ4n) is 9.84. The van der Waals surface area contributed by atoms with Gasteiger partial charge >= 0.3 is 0 Å². The molecule has 0 fully saturated rings. The second-order valence-corrected chi connectivity index (χ2v) is 15.5. The molecule has 0 heterocycles. The minimum atomic E-state index is -0.402. The lowest BCUT2D eigenvalue weighted by atomic mass is 9.70. The minimum absolute atomic E-state index is 0.0528. The molecule has 0 atom stereocenters. The first-order chi connectivity index (χ1) is 26.5. The average Bonchev–Trinajstić information content (AvgIpc) is 3.77. The number of allylic oxidation sites excluding steroid dienone is 4. The smallest absolute Gasteiger partial charge is 0.0726 e. The molecule has 0 amide bonds. The normalized spacial score (nSPS) is 14.9. The molecule has 1 heteroatoms. The van der Waals surface area contributed by atoms with E-state index in [1.807, 2.05) is 0 Å². The van der Waals surface area contributed by atoms with Crippen molar-refractivity contribution >= 4 is 17.1 Å². The molecule has 0 saturated heterocycles. The van der Waals surface area contributed by atoms with Crippen molar-refractivity contribution in [3.8, 4) is 33.4 Å². The van der Waals surface area contributed by atoms with Crippen LogP contribution in [0.2, 0.25) is 0 Å². The summed E-state index contributed by atoms with van der Waals surface area (Å²) in [6.45, 7) is 6.89. The van der Waals surface area contributed by atoms with Crippen LogP contribution in [0.1, 0.15) is 66.1 Å². The SMILES string of the molecule is CC/C=C\C=C/Cc1cccc(N(c2ccc3c(c2)-c2ccccc2C3(C)C)c2ccc3c(c2)C2(c4ccccc4-c4ccccc42)c2ccccc2-3)c1. The molecule has 0 N–H and O–H groups in total. The van der Waals surface area contributed by atoms with E-state index in [1.54, 1.807) is 0 Å². The number of fused-ring (bicyclic) bond motifs is 13. The summed E-state index contributed by atoms with van der Waals surface area (Å²) >= 11 is 0. The van der Waals surface area contributed by atoms with Gasteiger partial charge in [0.2, 0.25) is 0 Å². The zero-order valence-electron chi connectivity index (χ0n) is 31.2. The molecule has 7 aromatic rings. The quantitative estimate of drug-likeness (QED) is 0.150. The Morgan fingerprint density at radius 2 is 0.926 bits per heavy atom. The highest BCUT2D eigenvalue weighted by Gasteiger charge is 2.51. The van der Waals surface area contributed by atoms with E-state index < -0.39 is 5.41 Å². The molecular formula is C53H43N. The van der Waals surface area contributed by atoms with Gasteiger partial charge in [-0.1, -0.05) is 166 Å². The zero-order chi connectivity index (χ0) is 36.4. The molecule has 260 valence electrons. The summed E-state index contributed by atoms with van der Waals surface area (Å²) in [6, 6.07) is 59.6. The molecule has 0 aromatic heterocycles. The summed E-state index contributed by atoms with van der Waals surface area (Å²) in [4.78, 5) is 2.49. The average molecular weight is 694 g/mol. The van der Waals surface area contributed by atoms with E-state index in [1.165, 1.54) is 72.3 Å². The van der Waals surface area contributed by atoms with E-state index in [4.69, 9.17) is 0 Å². The van der Waals surface area contributed by atoms with Crippen LogP contribution in [0.25, 0.3) is 33.4 Å². The van der Waals surface area contributed by atoms with E-state index in [-0.39, 0.29) is 5.41 Å². The number of hydrogen-bond acceptors (Lipinski definition) is 1. The second-order valence-electron chi connectivity index (χ2n) is 15.5. The monoisotopic (exact) mass is 693 g/mol. The molecule has 1 nitrogen and oxygen atoms in total. The third-order valence-corrected chi connectivity index (χ3v) is 12.2. The lowest BCUT2D eigenvalue weighted by Gasteiger charge is -2.32. The van der Waals surface area contributed by atoms with Gasteiger partial charge in [-0.15, -0.1) is 0 Å². The molecule has 0 saturated carbocycles. The summed E-state index contributed by atoms with van der Waals surface area (Å²) in [5.74, 6) is 0. The Labute approximate surface area is 319 Å². The first-order valence-corrected chi connectivity index (χ1v) is 19.4. The zero-order valence-corrected chi connectivity index (χ0v) is 31.2. The van der Waals surface area contributed by atoms with Gasteiger partial charge in [0.1, 0.15) is 0 Å². The Bertz CT molecular complexity index is 2600. The summed E-state index contributed by atoms with van der Waals surface area (Å²) in [7, 11) is 0. The highest BCUT2D eigenvalue weighted by molar-refractivity contribution is 5.96.